The summed E-state index contributed by atoms with van der Waals surface area (Å²) in [5, 5.41) is 2.56. The molecule has 0 saturated carbocycles. The Kier molecular flexibility index (Phi) is 5.21. The second kappa shape index (κ2) is 7.12. The van der Waals surface area contributed by atoms with Gasteiger partial charge in [-0.25, -0.2) is 4.79 Å². The van der Waals surface area contributed by atoms with Crippen molar-refractivity contribution in [2.24, 2.45) is 0 Å². The first kappa shape index (κ1) is 15.4. The van der Waals surface area contributed by atoms with E-state index in [-0.39, 0.29) is 24.3 Å². The van der Waals surface area contributed by atoms with Crippen molar-refractivity contribution in [1.29, 1.82) is 0 Å². The number of hydrogen-bond acceptors (Lipinski definition) is 5. The van der Waals surface area contributed by atoms with Crippen molar-refractivity contribution >= 4 is 34.6 Å². The lowest BCUT2D eigenvalue weighted by Crippen LogP contribution is -2.33. The van der Waals surface area contributed by atoms with Crippen LogP contribution in [0.3, 0.4) is 0 Å². The predicted octanol–water partition coefficient (Wildman–Crippen LogP) is 1.97. The van der Waals surface area contributed by atoms with Crippen molar-refractivity contribution in [3.63, 3.8) is 0 Å². The highest BCUT2D eigenvalue weighted by Gasteiger charge is 2.23. The molecule has 1 aliphatic rings. The Morgan fingerprint density at radius 1 is 1.38 bits per heavy atom. The summed E-state index contributed by atoms with van der Waals surface area (Å²) in [6.45, 7) is 2.54. The maximum atomic E-state index is 12.0. The summed E-state index contributed by atoms with van der Waals surface area (Å²) < 4.78 is 4.94. The molecule has 7 heteroatoms. The van der Waals surface area contributed by atoms with Gasteiger partial charge in [-0.15, -0.1) is 0 Å². The molecule has 1 saturated heterocycles. The quantitative estimate of drug-likeness (QED) is 0.842. The normalized spacial score (nSPS) is 14.1. The Labute approximate surface area is 126 Å². The van der Waals surface area contributed by atoms with Crippen molar-refractivity contribution in [3.8, 4) is 0 Å². The van der Waals surface area contributed by atoms with Crippen LogP contribution < -0.4 is 5.32 Å². The van der Waals surface area contributed by atoms with Crippen molar-refractivity contribution in [2.75, 3.05) is 30.8 Å². The first-order chi connectivity index (χ1) is 10.1. The molecule has 0 aliphatic carbocycles. The number of carbonyl (C=O) groups is 3. The Morgan fingerprint density at radius 3 is 2.81 bits per heavy atom. The standard InChI is InChI=1S/C14H16N2O4S/c1-2-20-13(18)10-5-3-4-6-11(10)15-12(17)9-16-7-8-21-14(16)19/h3-6H,2,7-9H2,1H3,(H,15,17). The van der Waals surface area contributed by atoms with Crippen LogP contribution in [0.5, 0.6) is 0 Å². The lowest BCUT2D eigenvalue weighted by atomic mass is 10.2. The van der Waals surface area contributed by atoms with E-state index in [4.69, 9.17) is 4.74 Å². The molecule has 6 nitrogen and oxygen atoms in total. The van der Waals surface area contributed by atoms with E-state index in [1.54, 1.807) is 31.2 Å². The van der Waals surface area contributed by atoms with E-state index in [2.05, 4.69) is 5.32 Å². The van der Waals surface area contributed by atoms with Crippen LogP contribution in [0.25, 0.3) is 0 Å². The molecule has 1 fully saturated rings. The molecular formula is C14H16N2O4S. The van der Waals surface area contributed by atoms with Gasteiger partial charge >= 0.3 is 5.97 Å². The number of rotatable bonds is 5. The maximum Gasteiger partial charge on any atom is 0.340 e. The summed E-state index contributed by atoms with van der Waals surface area (Å²) in [5.74, 6) is -0.116. The number of amides is 2. The highest BCUT2D eigenvalue weighted by atomic mass is 32.2. The van der Waals surface area contributed by atoms with Gasteiger partial charge in [0.05, 0.1) is 17.9 Å². The molecule has 0 aromatic heterocycles. The van der Waals surface area contributed by atoms with Gasteiger partial charge in [-0.3, -0.25) is 9.59 Å². The molecule has 2 rings (SSSR count). The van der Waals surface area contributed by atoms with E-state index in [9.17, 15) is 14.4 Å². The van der Waals surface area contributed by atoms with Gasteiger partial charge in [-0.1, -0.05) is 23.9 Å². The molecule has 2 amide bonds. The molecular weight excluding hydrogens is 292 g/mol. The fourth-order valence-electron chi connectivity index (χ4n) is 1.91. The van der Waals surface area contributed by atoms with Crippen LogP contribution in [0.2, 0.25) is 0 Å². The van der Waals surface area contributed by atoms with Crippen molar-refractivity contribution in [2.45, 2.75) is 6.92 Å². The SMILES string of the molecule is CCOC(=O)c1ccccc1NC(=O)CN1CCSC1=O. The Morgan fingerprint density at radius 2 is 2.14 bits per heavy atom. The van der Waals surface area contributed by atoms with Gasteiger partial charge in [0.1, 0.15) is 6.54 Å². The average molecular weight is 308 g/mol. The van der Waals surface area contributed by atoms with E-state index in [1.165, 1.54) is 16.7 Å². The third-order valence-corrected chi connectivity index (χ3v) is 3.77. The Hall–Kier alpha value is -2.02. The summed E-state index contributed by atoms with van der Waals surface area (Å²) in [5.41, 5.74) is 0.690. The van der Waals surface area contributed by atoms with Crippen LogP contribution in [0.1, 0.15) is 17.3 Å². The number of benzene rings is 1. The molecule has 0 atom stereocenters. The number of esters is 1. The maximum absolute atomic E-state index is 12.0. The third-order valence-electron chi connectivity index (χ3n) is 2.88. The third kappa shape index (κ3) is 3.98. The van der Waals surface area contributed by atoms with Crippen molar-refractivity contribution in [3.05, 3.63) is 29.8 Å². The first-order valence-electron chi connectivity index (χ1n) is 6.59. The van der Waals surface area contributed by atoms with Crippen LogP contribution >= 0.6 is 11.8 Å². The fourth-order valence-corrected chi connectivity index (χ4v) is 2.74. The van der Waals surface area contributed by atoms with Gasteiger partial charge in [-0.05, 0) is 19.1 Å². The number of para-hydroxylation sites is 1. The molecule has 1 aliphatic heterocycles. The van der Waals surface area contributed by atoms with Gasteiger partial charge in [0.25, 0.3) is 5.24 Å². The average Bonchev–Trinajstić information content (AvgIpc) is 2.85. The highest BCUT2D eigenvalue weighted by Crippen LogP contribution is 2.19. The lowest BCUT2D eigenvalue weighted by Gasteiger charge is -2.15. The van der Waals surface area contributed by atoms with Gasteiger partial charge in [0.15, 0.2) is 0 Å². The van der Waals surface area contributed by atoms with E-state index >= 15 is 0 Å². The summed E-state index contributed by atoms with van der Waals surface area (Å²) >= 11 is 1.20. The zero-order valence-electron chi connectivity index (χ0n) is 11.6. The number of hydrogen-bond donors (Lipinski definition) is 1. The molecule has 0 spiro atoms. The second-order valence-electron chi connectivity index (χ2n) is 4.35. The number of ether oxygens (including phenoxy) is 1. The molecule has 1 aromatic carbocycles. The van der Waals surface area contributed by atoms with Crippen LogP contribution in [0.15, 0.2) is 24.3 Å². The highest BCUT2D eigenvalue weighted by molar-refractivity contribution is 8.13. The lowest BCUT2D eigenvalue weighted by molar-refractivity contribution is -0.116. The fraction of sp³-hybridized carbons (Fsp3) is 0.357. The zero-order valence-corrected chi connectivity index (χ0v) is 12.4. The minimum Gasteiger partial charge on any atom is -0.462 e. The second-order valence-corrected chi connectivity index (χ2v) is 5.40. The van der Waals surface area contributed by atoms with Crippen LogP contribution in [-0.2, 0) is 9.53 Å². The van der Waals surface area contributed by atoms with Gasteiger partial charge in [0.2, 0.25) is 5.91 Å². The summed E-state index contributed by atoms with van der Waals surface area (Å²) in [6.07, 6.45) is 0. The molecule has 0 bridgehead atoms. The molecule has 1 N–H and O–H groups in total. The van der Waals surface area contributed by atoms with E-state index in [1.807, 2.05) is 0 Å². The number of nitrogens with one attached hydrogen (secondary N) is 1. The van der Waals surface area contributed by atoms with E-state index in [0.29, 0.717) is 23.5 Å². The van der Waals surface area contributed by atoms with Crippen molar-refractivity contribution in [1.82, 2.24) is 4.90 Å². The molecule has 112 valence electrons. The van der Waals surface area contributed by atoms with Gasteiger partial charge < -0.3 is 15.0 Å². The molecule has 21 heavy (non-hydrogen) atoms. The van der Waals surface area contributed by atoms with Crippen molar-refractivity contribution < 1.29 is 19.1 Å². The first-order valence-corrected chi connectivity index (χ1v) is 7.58. The van der Waals surface area contributed by atoms with Crippen LogP contribution in [-0.4, -0.2) is 47.5 Å². The number of anilines is 1. The number of carbonyl (C=O) groups excluding carboxylic acids is 3. The minimum absolute atomic E-state index is 0.0109. The van der Waals surface area contributed by atoms with Gasteiger partial charge in [0, 0.05) is 12.3 Å². The molecule has 0 unspecified atom stereocenters. The predicted molar refractivity (Wildman–Crippen MR) is 80.5 cm³/mol. The monoisotopic (exact) mass is 308 g/mol. The van der Waals surface area contributed by atoms with E-state index in [0.717, 1.165) is 0 Å². The topological polar surface area (TPSA) is 75.7 Å². The molecule has 0 radical (unpaired) electrons. The Bertz CT molecular complexity index is 562. The molecule has 1 aromatic rings. The van der Waals surface area contributed by atoms with E-state index < -0.39 is 5.97 Å². The van der Waals surface area contributed by atoms with Crippen LogP contribution in [0, 0.1) is 0 Å². The zero-order chi connectivity index (χ0) is 15.2. The van der Waals surface area contributed by atoms with Crippen LogP contribution in [0.4, 0.5) is 10.5 Å². The smallest absolute Gasteiger partial charge is 0.340 e. The number of thioether (sulfide) groups is 1. The largest absolute Gasteiger partial charge is 0.462 e. The minimum atomic E-state index is -0.485. The summed E-state index contributed by atoms with van der Waals surface area (Å²) in [6, 6.07) is 6.63. The Balaban J connectivity index is 2.03. The summed E-state index contributed by atoms with van der Waals surface area (Å²) in [7, 11) is 0. The van der Waals surface area contributed by atoms with Gasteiger partial charge in [-0.2, -0.15) is 0 Å². The molecule has 1 heterocycles. The number of nitrogens with zero attached hydrogens (tertiary/aromatic N) is 1. The summed E-state index contributed by atoms with van der Waals surface area (Å²) in [4.78, 5) is 36.7.